The molecule has 6 heteroatoms. The van der Waals surface area contributed by atoms with Crippen LogP contribution in [0.3, 0.4) is 0 Å². The third-order valence-electron chi connectivity index (χ3n) is 1.16. The van der Waals surface area contributed by atoms with Crippen LogP contribution in [0.2, 0.25) is 0 Å². The molecular weight excluding hydrogens is 254 g/mol. The van der Waals surface area contributed by atoms with Crippen LogP contribution < -0.4 is 0 Å². The van der Waals surface area contributed by atoms with Crippen molar-refractivity contribution in [2.75, 3.05) is 12.4 Å². The lowest BCUT2D eigenvalue weighted by Crippen LogP contribution is -2.28. The first-order valence-corrected chi connectivity index (χ1v) is 4.76. The van der Waals surface area contributed by atoms with Gasteiger partial charge in [0.15, 0.2) is 0 Å². The summed E-state index contributed by atoms with van der Waals surface area (Å²) in [5, 5.41) is -1.55. The Bertz CT molecular complexity index is 166. The second kappa shape index (κ2) is 5.01. The topological polar surface area (TPSA) is 26.3 Å². The lowest BCUT2D eigenvalue weighted by atomic mass is 10.2. The zero-order valence-electron chi connectivity index (χ0n) is 6.39. The summed E-state index contributed by atoms with van der Waals surface area (Å²) in [6.45, 7) is 0. The number of rotatable bonds is 4. The highest BCUT2D eigenvalue weighted by Gasteiger charge is 2.33. The van der Waals surface area contributed by atoms with Crippen molar-refractivity contribution in [3.8, 4) is 0 Å². The van der Waals surface area contributed by atoms with E-state index < -0.39 is 28.9 Å². The lowest BCUT2D eigenvalue weighted by molar-refractivity contribution is -0.141. The number of ether oxygens (including phenoxy) is 1. The number of esters is 1. The summed E-state index contributed by atoms with van der Waals surface area (Å²) in [5.74, 6) is -3.65. The Morgan fingerprint density at radius 1 is 1.75 bits per heavy atom. The maximum atomic E-state index is 12.6. The highest BCUT2D eigenvalue weighted by Crippen LogP contribution is 2.25. The van der Waals surface area contributed by atoms with Gasteiger partial charge in [-0.3, -0.25) is 4.79 Å². The average molecular weight is 263 g/mol. The Labute approximate surface area is 83.2 Å². The largest absolute Gasteiger partial charge is 0.468 e. The Hall–Kier alpha value is 0.160. The minimum atomic E-state index is -2.92. The van der Waals surface area contributed by atoms with Crippen molar-refractivity contribution in [2.45, 2.75) is 17.6 Å². The van der Waals surface area contributed by atoms with Crippen LogP contribution in [-0.4, -0.2) is 29.6 Å². The second-order valence-electron chi connectivity index (χ2n) is 2.23. The summed E-state index contributed by atoms with van der Waals surface area (Å²) >= 11 is 6.31. The molecule has 0 saturated heterocycles. The van der Waals surface area contributed by atoms with Gasteiger partial charge < -0.3 is 4.74 Å². The number of carbonyl (C=O) groups is 1. The second-order valence-corrected chi connectivity index (χ2v) is 3.42. The molecule has 0 spiro atoms. The summed E-state index contributed by atoms with van der Waals surface area (Å²) in [4.78, 5) is 10.7. The Morgan fingerprint density at radius 3 is 2.58 bits per heavy atom. The first-order chi connectivity index (χ1) is 5.43. The van der Waals surface area contributed by atoms with Gasteiger partial charge in [-0.25, -0.2) is 8.78 Å². The predicted octanol–water partition coefficient (Wildman–Crippen LogP) is 1.88. The van der Waals surface area contributed by atoms with Crippen LogP contribution in [0.15, 0.2) is 0 Å². The van der Waals surface area contributed by atoms with E-state index in [1.807, 2.05) is 0 Å². The molecule has 0 aliphatic heterocycles. The number of methoxy groups -OCH3 is 1. The average Bonchev–Trinajstić information content (AvgIpc) is 2.02. The van der Waals surface area contributed by atoms with Gasteiger partial charge in [0.05, 0.1) is 12.4 Å². The zero-order valence-corrected chi connectivity index (χ0v) is 8.87. The van der Waals surface area contributed by atoms with Crippen LogP contribution in [0.1, 0.15) is 6.42 Å². The van der Waals surface area contributed by atoms with Gasteiger partial charge in [-0.2, -0.15) is 12.6 Å². The highest BCUT2D eigenvalue weighted by molar-refractivity contribution is 9.09. The normalized spacial score (nSPS) is 14.1. The number of hydrogen-bond acceptors (Lipinski definition) is 3. The van der Waals surface area contributed by atoms with E-state index >= 15 is 0 Å². The molecule has 1 atom stereocenters. The van der Waals surface area contributed by atoms with Crippen molar-refractivity contribution in [3.05, 3.63) is 0 Å². The van der Waals surface area contributed by atoms with Crippen LogP contribution in [-0.2, 0) is 9.53 Å². The quantitative estimate of drug-likeness (QED) is 0.476. The summed E-state index contributed by atoms with van der Waals surface area (Å²) in [6, 6.07) is 0. The maximum absolute atomic E-state index is 12.6. The Balaban J connectivity index is 3.99. The van der Waals surface area contributed by atoms with Gasteiger partial charge in [-0.05, 0) is 0 Å². The van der Waals surface area contributed by atoms with Gasteiger partial charge in [-0.1, -0.05) is 15.9 Å². The van der Waals surface area contributed by atoms with Gasteiger partial charge >= 0.3 is 5.97 Å². The third kappa shape index (κ3) is 4.25. The van der Waals surface area contributed by atoms with E-state index in [-0.39, 0.29) is 0 Å². The van der Waals surface area contributed by atoms with Gasteiger partial charge in [-0.15, -0.1) is 0 Å². The number of alkyl halides is 3. The van der Waals surface area contributed by atoms with Gasteiger partial charge in [0, 0.05) is 6.42 Å². The molecule has 1 unspecified atom stereocenters. The van der Waals surface area contributed by atoms with Gasteiger partial charge in [0.25, 0.3) is 5.92 Å². The van der Waals surface area contributed by atoms with E-state index in [4.69, 9.17) is 0 Å². The van der Waals surface area contributed by atoms with E-state index in [1.54, 1.807) is 0 Å². The fourth-order valence-electron chi connectivity index (χ4n) is 0.557. The van der Waals surface area contributed by atoms with Crippen molar-refractivity contribution in [2.24, 2.45) is 0 Å². The van der Waals surface area contributed by atoms with Crippen molar-refractivity contribution in [1.29, 1.82) is 0 Å². The SMILES string of the molecule is COC(=O)C(S)CC(F)(F)CBr. The summed E-state index contributed by atoms with van der Waals surface area (Å²) < 4.78 is 29.4. The van der Waals surface area contributed by atoms with Crippen molar-refractivity contribution < 1.29 is 18.3 Å². The lowest BCUT2D eigenvalue weighted by Gasteiger charge is -2.15. The molecular formula is C6H9BrF2O2S. The van der Waals surface area contributed by atoms with Crippen LogP contribution in [0.5, 0.6) is 0 Å². The van der Waals surface area contributed by atoms with Crippen LogP contribution in [0.25, 0.3) is 0 Å². The van der Waals surface area contributed by atoms with E-state index in [2.05, 4.69) is 33.3 Å². The molecule has 0 aromatic rings. The summed E-state index contributed by atoms with van der Waals surface area (Å²) in [6.07, 6.45) is -0.617. The number of carbonyl (C=O) groups excluding carboxylic acids is 1. The van der Waals surface area contributed by atoms with Crippen LogP contribution in [0, 0.1) is 0 Å². The molecule has 2 nitrogen and oxygen atoms in total. The fraction of sp³-hybridized carbons (Fsp3) is 0.833. The molecule has 0 radical (unpaired) electrons. The fourth-order valence-corrected chi connectivity index (χ4v) is 1.16. The van der Waals surface area contributed by atoms with E-state index in [9.17, 15) is 13.6 Å². The molecule has 72 valence electrons. The predicted molar refractivity (Wildman–Crippen MR) is 48.1 cm³/mol. The van der Waals surface area contributed by atoms with E-state index in [1.165, 1.54) is 0 Å². The molecule has 0 amide bonds. The van der Waals surface area contributed by atoms with Crippen LogP contribution >= 0.6 is 28.6 Å². The molecule has 0 aliphatic rings. The third-order valence-corrected chi connectivity index (χ3v) is 2.37. The van der Waals surface area contributed by atoms with E-state index in [0.29, 0.717) is 0 Å². The molecule has 0 aliphatic carbocycles. The molecule has 0 bridgehead atoms. The first-order valence-electron chi connectivity index (χ1n) is 3.12. The zero-order chi connectivity index (χ0) is 9.78. The molecule has 0 aromatic heterocycles. The summed E-state index contributed by atoms with van der Waals surface area (Å²) in [7, 11) is 1.14. The smallest absolute Gasteiger partial charge is 0.318 e. The van der Waals surface area contributed by atoms with Gasteiger partial charge in [0.2, 0.25) is 0 Å². The van der Waals surface area contributed by atoms with Gasteiger partial charge in [0.1, 0.15) is 5.25 Å². The molecule has 0 fully saturated rings. The molecule has 0 aromatic carbocycles. The minimum absolute atomic E-state index is 0.478. The maximum Gasteiger partial charge on any atom is 0.318 e. The molecule has 0 saturated carbocycles. The Kier molecular flexibility index (Phi) is 5.08. The molecule has 0 heterocycles. The van der Waals surface area contributed by atoms with E-state index in [0.717, 1.165) is 7.11 Å². The standard InChI is InChI=1S/C6H9BrF2O2S/c1-11-5(10)4(12)2-6(8,9)3-7/h4,12H,2-3H2,1H3. The molecule has 0 N–H and O–H groups in total. The van der Waals surface area contributed by atoms with Crippen LogP contribution in [0.4, 0.5) is 8.78 Å². The van der Waals surface area contributed by atoms with Crippen molar-refractivity contribution >= 4 is 34.5 Å². The van der Waals surface area contributed by atoms with Crippen molar-refractivity contribution in [3.63, 3.8) is 0 Å². The number of thiol groups is 1. The van der Waals surface area contributed by atoms with Crippen molar-refractivity contribution in [1.82, 2.24) is 0 Å². The number of hydrogen-bond donors (Lipinski definition) is 1. The summed E-state index contributed by atoms with van der Waals surface area (Å²) in [5.41, 5.74) is 0. The molecule has 12 heavy (non-hydrogen) atoms. The minimum Gasteiger partial charge on any atom is -0.468 e. The first kappa shape index (κ1) is 12.2. The molecule has 0 rings (SSSR count). The Morgan fingerprint density at radius 2 is 2.25 bits per heavy atom. The highest BCUT2D eigenvalue weighted by atomic mass is 79.9. The number of halogens is 3. The monoisotopic (exact) mass is 262 g/mol.